The highest BCUT2D eigenvalue weighted by atomic mass is 35.5. The predicted octanol–water partition coefficient (Wildman–Crippen LogP) is 4.17. The molecule has 134 valence electrons. The number of rotatable bonds is 5. The van der Waals surface area contributed by atoms with Gasteiger partial charge in [-0.3, -0.25) is 9.69 Å². The SMILES string of the molecule is CCN1CCCC1CNC(=O)c1c(-c2c(Cl)cccc2Cl)noc1C. The van der Waals surface area contributed by atoms with Crippen LogP contribution >= 0.6 is 23.2 Å². The number of hydrogen-bond acceptors (Lipinski definition) is 4. The van der Waals surface area contributed by atoms with Crippen molar-refractivity contribution in [2.75, 3.05) is 19.6 Å². The largest absolute Gasteiger partial charge is 0.360 e. The molecule has 1 unspecified atom stereocenters. The number of hydrogen-bond donors (Lipinski definition) is 1. The number of carbonyl (C=O) groups is 1. The van der Waals surface area contributed by atoms with Gasteiger partial charge in [-0.15, -0.1) is 0 Å². The molecule has 1 amide bonds. The molecular formula is C18H21Cl2N3O2. The second kappa shape index (κ2) is 7.77. The van der Waals surface area contributed by atoms with Gasteiger partial charge in [0.25, 0.3) is 5.91 Å². The van der Waals surface area contributed by atoms with Gasteiger partial charge in [0, 0.05) is 18.2 Å². The van der Waals surface area contributed by atoms with E-state index in [0.29, 0.717) is 45.2 Å². The first-order chi connectivity index (χ1) is 12.0. The van der Waals surface area contributed by atoms with Crippen LogP contribution in [0.25, 0.3) is 11.3 Å². The molecule has 2 aromatic rings. The summed E-state index contributed by atoms with van der Waals surface area (Å²) in [4.78, 5) is 15.2. The number of likely N-dealkylation sites (N-methyl/N-ethyl adjacent to an activating group) is 1. The molecule has 0 radical (unpaired) electrons. The molecule has 1 saturated heterocycles. The molecule has 1 N–H and O–H groups in total. The zero-order valence-corrected chi connectivity index (χ0v) is 15.8. The summed E-state index contributed by atoms with van der Waals surface area (Å²) in [6.07, 6.45) is 2.26. The van der Waals surface area contributed by atoms with Crippen LogP contribution in [0.4, 0.5) is 0 Å². The third-order valence-electron chi connectivity index (χ3n) is 4.69. The number of nitrogens with zero attached hydrogens (tertiary/aromatic N) is 2. The number of halogens is 2. The lowest BCUT2D eigenvalue weighted by molar-refractivity contribution is 0.0940. The molecular weight excluding hydrogens is 361 g/mol. The number of aryl methyl sites for hydroxylation is 1. The third-order valence-corrected chi connectivity index (χ3v) is 5.32. The molecule has 0 saturated carbocycles. The van der Waals surface area contributed by atoms with Crippen molar-refractivity contribution in [1.82, 2.24) is 15.4 Å². The van der Waals surface area contributed by atoms with E-state index in [9.17, 15) is 4.79 Å². The van der Waals surface area contributed by atoms with Crippen LogP contribution in [0.1, 0.15) is 35.9 Å². The van der Waals surface area contributed by atoms with Crippen molar-refractivity contribution in [1.29, 1.82) is 0 Å². The minimum Gasteiger partial charge on any atom is -0.360 e. The smallest absolute Gasteiger partial charge is 0.257 e. The molecule has 1 aliphatic heterocycles. The van der Waals surface area contributed by atoms with Crippen LogP contribution in [0.15, 0.2) is 22.7 Å². The van der Waals surface area contributed by atoms with Gasteiger partial charge >= 0.3 is 0 Å². The molecule has 5 nitrogen and oxygen atoms in total. The Kier molecular flexibility index (Phi) is 5.67. The monoisotopic (exact) mass is 381 g/mol. The van der Waals surface area contributed by atoms with Gasteiger partial charge in [0.1, 0.15) is 17.0 Å². The first kappa shape index (κ1) is 18.2. The maximum Gasteiger partial charge on any atom is 0.257 e. The quantitative estimate of drug-likeness (QED) is 0.843. The molecule has 1 aromatic heterocycles. The summed E-state index contributed by atoms with van der Waals surface area (Å²) < 4.78 is 5.26. The molecule has 1 aliphatic rings. The fourth-order valence-electron chi connectivity index (χ4n) is 3.38. The maximum atomic E-state index is 12.8. The summed E-state index contributed by atoms with van der Waals surface area (Å²) in [6.45, 7) is 6.54. The average molecular weight is 382 g/mol. The minimum absolute atomic E-state index is 0.215. The van der Waals surface area contributed by atoms with Gasteiger partial charge < -0.3 is 9.84 Å². The van der Waals surface area contributed by atoms with Crippen LogP contribution in [-0.4, -0.2) is 41.6 Å². The number of amides is 1. The highest BCUT2D eigenvalue weighted by Crippen LogP contribution is 2.36. The number of aromatic nitrogens is 1. The topological polar surface area (TPSA) is 58.4 Å². The van der Waals surface area contributed by atoms with E-state index in [1.54, 1.807) is 25.1 Å². The average Bonchev–Trinajstić information content (AvgIpc) is 3.19. The first-order valence-corrected chi connectivity index (χ1v) is 9.21. The second-order valence-corrected chi connectivity index (χ2v) is 7.01. The summed E-state index contributed by atoms with van der Waals surface area (Å²) in [7, 11) is 0. The molecule has 25 heavy (non-hydrogen) atoms. The highest BCUT2D eigenvalue weighted by Gasteiger charge is 2.27. The van der Waals surface area contributed by atoms with Crippen molar-refractivity contribution in [3.63, 3.8) is 0 Å². The minimum atomic E-state index is -0.215. The lowest BCUT2D eigenvalue weighted by Crippen LogP contribution is -2.40. The maximum absolute atomic E-state index is 12.8. The molecule has 0 bridgehead atoms. The Hall–Kier alpha value is -1.56. The van der Waals surface area contributed by atoms with Gasteiger partial charge in [0.2, 0.25) is 0 Å². The Balaban J connectivity index is 1.83. The van der Waals surface area contributed by atoms with Gasteiger partial charge in [0.05, 0.1) is 10.0 Å². The number of carbonyl (C=O) groups excluding carboxylic acids is 1. The summed E-state index contributed by atoms with van der Waals surface area (Å²) in [6, 6.07) is 5.56. The molecule has 1 fully saturated rings. The zero-order chi connectivity index (χ0) is 18.0. The van der Waals surface area contributed by atoms with E-state index in [2.05, 4.69) is 22.3 Å². The van der Waals surface area contributed by atoms with Crippen molar-refractivity contribution in [3.8, 4) is 11.3 Å². The normalized spacial score (nSPS) is 17.8. The van der Waals surface area contributed by atoms with Crippen LogP contribution < -0.4 is 5.32 Å². The van der Waals surface area contributed by atoms with Gasteiger partial charge in [-0.05, 0) is 45.0 Å². The Morgan fingerprint density at radius 1 is 1.40 bits per heavy atom. The van der Waals surface area contributed by atoms with Crippen LogP contribution in [0.2, 0.25) is 10.0 Å². The lowest BCUT2D eigenvalue weighted by atomic mass is 10.1. The zero-order valence-electron chi connectivity index (χ0n) is 14.3. The fourth-order valence-corrected chi connectivity index (χ4v) is 3.95. The molecule has 3 rings (SSSR count). The van der Waals surface area contributed by atoms with Crippen LogP contribution in [0, 0.1) is 6.92 Å². The van der Waals surface area contributed by atoms with Crippen LogP contribution in [-0.2, 0) is 0 Å². The van der Waals surface area contributed by atoms with E-state index in [-0.39, 0.29) is 5.91 Å². The van der Waals surface area contributed by atoms with Crippen molar-refractivity contribution in [3.05, 3.63) is 39.6 Å². The molecule has 2 heterocycles. The van der Waals surface area contributed by atoms with E-state index in [0.717, 1.165) is 19.5 Å². The summed E-state index contributed by atoms with van der Waals surface area (Å²) in [5, 5.41) is 7.91. The third kappa shape index (κ3) is 3.68. The summed E-state index contributed by atoms with van der Waals surface area (Å²) in [5.41, 5.74) is 1.28. The Morgan fingerprint density at radius 2 is 2.12 bits per heavy atom. The summed E-state index contributed by atoms with van der Waals surface area (Å²) in [5.74, 6) is 0.231. The van der Waals surface area contributed by atoms with Crippen molar-refractivity contribution < 1.29 is 9.32 Å². The Labute approximate surface area is 157 Å². The van der Waals surface area contributed by atoms with Gasteiger partial charge in [-0.1, -0.05) is 41.3 Å². The first-order valence-electron chi connectivity index (χ1n) is 8.45. The van der Waals surface area contributed by atoms with Gasteiger partial charge in [0.15, 0.2) is 0 Å². The molecule has 0 spiro atoms. The number of likely N-dealkylation sites (tertiary alicyclic amines) is 1. The molecule has 7 heteroatoms. The molecule has 1 atom stereocenters. The van der Waals surface area contributed by atoms with Gasteiger partial charge in [-0.25, -0.2) is 0 Å². The number of benzene rings is 1. The van der Waals surface area contributed by atoms with E-state index in [4.69, 9.17) is 27.7 Å². The summed E-state index contributed by atoms with van der Waals surface area (Å²) >= 11 is 12.5. The Morgan fingerprint density at radius 3 is 2.80 bits per heavy atom. The fraction of sp³-hybridized carbons (Fsp3) is 0.444. The highest BCUT2D eigenvalue weighted by molar-refractivity contribution is 6.39. The molecule has 1 aromatic carbocycles. The predicted molar refractivity (Wildman–Crippen MR) is 99.3 cm³/mol. The lowest BCUT2D eigenvalue weighted by Gasteiger charge is -2.22. The second-order valence-electron chi connectivity index (χ2n) is 6.19. The Bertz CT molecular complexity index is 755. The van der Waals surface area contributed by atoms with E-state index >= 15 is 0 Å². The molecule has 0 aliphatic carbocycles. The van der Waals surface area contributed by atoms with Crippen LogP contribution in [0.3, 0.4) is 0 Å². The van der Waals surface area contributed by atoms with Gasteiger partial charge in [-0.2, -0.15) is 0 Å². The van der Waals surface area contributed by atoms with Crippen molar-refractivity contribution in [2.45, 2.75) is 32.7 Å². The van der Waals surface area contributed by atoms with E-state index in [1.165, 1.54) is 6.42 Å². The van der Waals surface area contributed by atoms with E-state index < -0.39 is 0 Å². The van der Waals surface area contributed by atoms with E-state index in [1.807, 2.05) is 0 Å². The van der Waals surface area contributed by atoms with Crippen LogP contribution in [0.5, 0.6) is 0 Å². The van der Waals surface area contributed by atoms with Crippen molar-refractivity contribution >= 4 is 29.1 Å². The number of nitrogens with one attached hydrogen (secondary N) is 1. The van der Waals surface area contributed by atoms with Crippen molar-refractivity contribution in [2.24, 2.45) is 0 Å². The standard InChI is InChI=1S/C18H21Cl2N3O2/c1-3-23-9-5-6-12(23)10-21-18(24)15-11(2)25-22-17(15)16-13(19)7-4-8-14(16)20/h4,7-8,12H,3,5-6,9-10H2,1-2H3,(H,21,24).